The summed E-state index contributed by atoms with van der Waals surface area (Å²) in [5.74, 6) is 1.05. The first-order valence-electron chi connectivity index (χ1n) is 8.23. The number of aromatic nitrogens is 1. The van der Waals surface area contributed by atoms with Gasteiger partial charge in [0.15, 0.2) is 4.34 Å². The van der Waals surface area contributed by atoms with Crippen molar-refractivity contribution >= 4 is 61.0 Å². The van der Waals surface area contributed by atoms with Crippen molar-refractivity contribution in [2.45, 2.75) is 4.34 Å². The van der Waals surface area contributed by atoms with Crippen LogP contribution in [0.15, 0.2) is 72.7 Å². The van der Waals surface area contributed by atoms with E-state index in [1.54, 1.807) is 24.3 Å². The number of fused-ring (bicyclic) bond motifs is 1. The lowest BCUT2D eigenvalue weighted by Gasteiger charge is -2.01. The molecule has 0 unspecified atom stereocenters. The van der Waals surface area contributed by atoms with Crippen LogP contribution in [0, 0.1) is 21.4 Å². The number of thioether (sulfide) groups is 1. The van der Waals surface area contributed by atoms with Crippen LogP contribution in [0.3, 0.4) is 0 Å². The van der Waals surface area contributed by atoms with Gasteiger partial charge in [0, 0.05) is 28.2 Å². The highest BCUT2D eigenvalue weighted by atomic mass is 79.9. The third-order valence-corrected chi connectivity index (χ3v) is 6.59. The Hall–Kier alpha value is -2.93. The van der Waals surface area contributed by atoms with Gasteiger partial charge in [0.25, 0.3) is 5.69 Å². The zero-order valence-corrected chi connectivity index (χ0v) is 17.8. The van der Waals surface area contributed by atoms with Crippen LogP contribution in [0.4, 0.5) is 5.69 Å². The number of hydrogen-bond acceptors (Lipinski definition) is 7. The number of thiazole rings is 1. The van der Waals surface area contributed by atoms with E-state index in [0.717, 1.165) is 14.6 Å². The lowest BCUT2D eigenvalue weighted by Crippen LogP contribution is -1.88. The van der Waals surface area contributed by atoms with E-state index < -0.39 is 4.92 Å². The van der Waals surface area contributed by atoms with Crippen LogP contribution in [-0.4, -0.2) is 9.91 Å². The predicted molar refractivity (Wildman–Crippen MR) is 118 cm³/mol. The van der Waals surface area contributed by atoms with Gasteiger partial charge in [0.1, 0.15) is 17.6 Å². The SMILES string of the molecule is N#C/C(=C\c1ccc(-c2ccc([N+](=O)[O-])cc2Br)o1)Sc1nc2ccccc2s1. The molecule has 0 fully saturated rings. The summed E-state index contributed by atoms with van der Waals surface area (Å²) < 4.78 is 8.23. The van der Waals surface area contributed by atoms with Crippen molar-refractivity contribution in [3.63, 3.8) is 0 Å². The fourth-order valence-corrected chi connectivity index (χ4v) is 5.11. The molecule has 2 aromatic heterocycles. The molecular formula is C20H10BrN3O3S2. The van der Waals surface area contributed by atoms with E-state index in [2.05, 4.69) is 27.0 Å². The lowest BCUT2D eigenvalue weighted by atomic mass is 10.1. The minimum atomic E-state index is -0.455. The summed E-state index contributed by atoms with van der Waals surface area (Å²) in [5.41, 5.74) is 1.58. The molecule has 6 nitrogen and oxygen atoms in total. The quantitative estimate of drug-likeness (QED) is 0.133. The largest absolute Gasteiger partial charge is 0.457 e. The minimum absolute atomic E-state index is 0.00805. The van der Waals surface area contributed by atoms with Crippen molar-refractivity contribution in [2.24, 2.45) is 0 Å². The second-order valence-electron chi connectivity index (χ2n) is 5.79. The number of rotatable bonds is 5. The lowest BCUT2D eigenvalue weighted by molar-refractivity contribution is -0.384. The normalized spacial score (nSPS) is 11.5. The third-order valence-electron chi connectivity index (χ3n) is 3.91. The van der Waals surface area contributed by atoms with Crippen LogP contribution in [0.2, 0.25) is 0 Å². The van der Waals surface area contributed by atoms with Gasteiger partial charge < -0.3 is 4.42 Å². The van der Waals surface area contributed by atoms with E-state index in [9.17, 15) is 15.4 Å². The molecule has 29 heavy (non-hydrogen) atoms. The Balaban J connectivity index is 1.58. The van der Waals surface area contributed by atoms with E-state index in [-0.39, 0.29) is 5.69 Å². The predicted octanol–water partition coefficient (Wildman–Crippen LogP) is 6.88. The zero-order chi connectivity index (χ0) is 20.4. The number of hydrogen-bond donors (Lipinski definition) is 0. The van der Waals surface area contributed by atoms with Crippen molar-refractivity contribution in [3.8, 4) is 17.4 Å². The Morgan fingerprint density at radius 3 is 2.83 bits per heavy atom. The molecule has 0 aliphatic carbocycles. The number of nitro benzene ring substituents is 1. The maximum atomic E-state index is 10.9. The first-order valence-corrected chi connectivity index (χ1v) is 10.7. The fraction of sp³-hybridized carbons (Fsp3) is 0. The van der Waals surface area contributed by atoms with Crippen LogP contribution in [-0.2, 0) is 0 Å². The zero-order valence-electron chi connectivity index (χ0n) is 14.5. The molecule has 142 valence electrons. The number of non-ortho nitro benzene ring substituents is 1. The number of nitro groups is 1. The molecule has 2 heterocycles. The number of halogens is 1. The highest BCUT2D eigenvalue weighted by molar-refractivity contribution is 9.10. The van der Waals surface area contributed by atoms with Crippen molar-refractivity contribution in [1.29, 1.82) is 5.26 Å². The number of benzene rings is 2. The molecule has 0 spiro atoms. The molecule has 0 aliphatic heterocycles. The smallest absolute Gasteiger partial charge is 0.270 e. The van der Waals surface area contributed by atoms with Gasteiger partial charge in [-0.3, -0.25) is 10.1 Å². The van der Waals surface area contributed by atoms with Gasteiger partial charge in [-0.1, -0.05) is 12.1 Å². The summed E-state index contributed by atoms with van der Waals surface area (Å²) in [6.45, 7) is 0. The van der Waals surface area contributed by atoms with Gasteiger partial charge in [0.05, 0.1) is 20.0 Å². The minimum Gasteiger partial charge on any atom is -0.457 e. The van der Waals surface area contributed by atoms with Gasteiger partial charge >= 0.3 is 0 Å². The van der Waals surface area contributed by atoms with Gasteiger partial charge in [-0.15, -0.1) is 11.3 Å². The van der Waals surface area contributed by atoms with Crippen molar-refractivity contribution in [2.75, 3.05) is 0 Å². The second-order valence-corrected chi connectivity index (χ2v) is 8.97. The fourth-order valence-electron chi connectivity index (χ4n) is 2.60. The summed E-state index contributed by atoms with van der Waals surface area (Å²) >= 11 is 6.16. The molecule has 0 saturated heterocycles. The maximum Gasteiger partial charge on any atom is 0.270 e. The van der Waals surface area contributed by atoms with Crippen molar-refractivity contribution < 1.29 is 9.34 Å². The van der Waals surface area contributed by atoms with E-state index >= 15 is 0 Å². The second kappa shape index (κ2) is 8.21. The molecule has 4 aromatic rings. The molecule has 0 aliphatic rings. The summed E-state index contributed by atoms with van der Waals surface area (Å²) in [6, 6.07) is 18.0. The average molecular weight is 484 g/mol. The first-order chi connectivity index (χ1) is 14.0. The van der Waals surface area contributed by atoms with Gasteiger partial charge in [-0.05, 0) is 58.0 Å². The number of allylic oxidation sites excluding steroid dienone is 1. The van der Waals surface area contributed by atoms with Gasteiger partial charge in [0.2, 0.25) is 0 Å². The molecule has 0 atom stereocenters. The molecular weight excluding hydrogens is 474 g/mol. The number of nitrogens with zero attached hydrogens (tertiary/aromatic N) is 3. The molecule has 0 amide bonds. The van der Waals surface area contributed by atoms with Crippen molar-refractivity contribution in [1.82, 2.24) is 4.98 Å². The Bertz CT molecular complexity index is 1270. The van der Waals surface area contributed by atoms with Crippen LogP contribution in [0.1, 0.15) is 5.76 Å². The highest BCUT2D eigenvalue weighted by Gasteiger charge is 2.14. The Morgan fingerprint density at radius 2 is 2.10 bits per heavy atom. The van der Waals surface area contributed by atoms with Crippen LogP contribution < -0.4 is 0 Å². The molecule has 0 radical (unpaired) electrons. The van der Waals surface area contributed by atoms with E-state index in [1.807, 2.05) is 24.3 Å². The van der Waals surface area contributed by atoms with E-state index in [4.69, 9.17) is 4.42 Å². The summed E-state index contributed by atoms with van der Waals surface area (Å²) in [4.78, 5) is 15.4. The van der Waals surface area contributed by atoms with Gasteiger partial charge in [-0.2, -0.15) is 5.26 Å². The number of furan rings is 1. The number of para-hydroxylation sites is 1. The molecule has 0 bridgehead atoms. The molecule has 0 saturated carbocycles. The van der Waals surface area contributed by atoms with Crippen LogP contribution in [0.25, 0.3) is 27.6 Å². The van der Waals surface area contributed by atoms with E-state index in [1.165, 1.54) is 35.2 Å². The third kappa shape index (κ3) is 4.24. The molecule has 2 aromatic carbocycles. The molecule has 0 N–H and O–H groups in total. The number of nitriles is 1. The Morgan fingerprint density at radius 1 is 1.28 bits per heavy atom. The van der Waals surface area contributed by atoms with Crippen LogP contribution in [0.5, 0.6) is 0 Å². The topological polar surface area (TPSA) is 93.0 Å². The maximum absolute atomic E-state index is 10.9. The average Bonchev–Trinajstić information content (AvgIpc) is 3.33. The monoisotopic (exact) mass is 483 g/mol. The summed E-state index contributed by atoms with van der Waals surface area (Å²) in [7, 11) is 0. The highest BCUT2D eigenvalue weighted by Crippen LogP contribution is 2.36. The molecule has 4 rings (SSSR count). The Kier molecular flexibility index (Phi) is 5.49. The van der Waals surface area contributed by atoms with Gasteiger partial charge in [-0.25, -0.2) is 4.98 Å². The summed E-state index contributed by atoms with van der Waals surface area (Å²) in [5, 5.41) is 20.4. The molecule has 9 heteroatoms. The standard InChI is InChI=1S/C20H10BrN3O3S2/c21-16-9-12(24(25)26)5-7-15(16)18-8-6-13(27-18)10-14(11-22)28-20-23-17-3-1-2-4-19(17)29-20/h1-10H/b14-10+. The van der Waals surface area contributed by atoms with E-state index in [0.29, 0.717) is 26.5 Å². The first kappa shape index (κ1) is 19.4. The summed E-state index contributed by atoms with van der Waals surface area (Å²) in [6.07, 6.45) is 1.65. The van der Waals surface area contributed by atoms with Crippen molar-refractivity contribution in [3.05, 3.63) is 79.8 Å². The van der Waals surface area contributed by atoms with Crippen LogP contribution >= 0.6 is 39.0 Å². The Labute approximate surface area is 181 Å².